The number of carboxylic acid groups (broad SMARTS) is 1. The van der Waals surface area contributed by atoms with Crippen molar-refractivity contribution in [3.8, 4) is 17.5 Å². The van der Waals surface area contributed by atoms with Gasteiger partial charge in [-0.3, -0.25) is 0 Å². The highest BCUT2D eigenvalue weighted by atomic mass is 16.4. The number of benzene rings is 1. The summed E-state index contributed by atoms with van der Waals surface area (Å²) in [4.78, 5) is 10.8. The molecule has 1 aromatic carbocycles. The van der Waals surface area contributed by atoms with Crippen molar-refractivity contribution in [2.24, 2.45) is 0 Å². The van der Waals surface area contributed by atoms with E-state index in [-0.39, 0.29) is 11.3 Å². The summed E-state index contributed by atoms with van der Waals surface area (Å²) in [6.07, 6.45) is 1.51. The Bertz CT molecular complexity index is 842. The molecule has 0 atom stereocenters. The van der Waals surface area contributed by atoms with Gasteiger partial charge in [0, 0.05) is 0 Å². The third-order valence-corrected chi connectivity index (χ3v) is 3.13. The van der Waals surface area contributed by atoms with Crippen LogP contribution in [0.4, 0.5) is 0 Å². The monoisotopic (exact) mass is 294 g/mol. The SMILES string of the molecule is N#Cc1nnn(Cc2ccc(C(=O)O)cc2)c1-c1ccco1. The van der Waals surface area contributed by atoms with Crippen LogP contribution < -0.4 is 0 Å². The van der Waals surface area contributed by atoms with Gasteiger partial charge in [0.05, 0.1) is 18.4 Å². The number of furan rings is 1. The number of nitriles is 1. The Labute approximate surface area is 125 Å². The Morgan fingerprint density at radius 2 is 2.09 bits per heavy atom. The number of hydrogen-bond donors (Lipinski definition) is 1. The predicted octanol–water partition coefficient (Wildman–Crippen LogP) is 2.16. The van der Waals surface area contributed by atoms with Gasteiger partial charge in [-0.1, -0.05) is 17.3 Å². The second-order valence-electron chi connectivity index (χ2n) is 4.54. The molecule has 0 aliphatic rings. The van der Waals surface area contributed by atoms with Gasteiger partial charge in [0.1, 0.15) is 11.8 Å². The highest BCUT2D eigenvalue weighted by Crippen LogP contribution is 2.23. The lowest BCUT2D eigenvalue weighted by atomic mass is 10.1. The quantitative estimate of drug-likeness (QED) is 0.790. The Kier molecular flexibility index (Phi) is 3.42. The van der Waals surface area contributed by atoms with E-state index >= 15 is 0 Å². The fraction of sp³-hybridized carbons (Fsp3) is 0.0667. The lowest BCUT2D eigenvalue weighted by molar-refractivity contribution is 0.0697. The van der Waals surface area contributed by atoms with Gasteiger partial charge in [-0.05, 0) is 29.8 Å². The molecule has 0 bridgehead atoms. The van der Waals surface area contributed by atoms with Crippen LogP contribution in [0, 0.1) is 11.3 Å². The highest BCUT2D eigenvalue weighted by Gasteiger charge is 2.17. The van der Waals surface area contributed by atoms with Crippen molar-refractivity contribution in [3.63, 3.8) is 0 Å². The maximum absolute atomic E-state index is 10.8. The van der Waals surface area contributed by atoms with E-state index in [4.69, 9.17) is 14.8 Å². The summed E-state index contributed by atoms with van der Waals surface area (Å²) >= 11 is 0. The highest BCUT2D eigenvalue weighted by molar-refractivity contribution is 5.87. The lowest BCUT2D eigenvalue weighted by Gasteiger charge is -2.05. The minimum atomic E-state index is -0.977. The van der Waals surface area contributed by atoms with Crippen molar-refractivity contribution >= 4 is 5.97 Å². The van der Waals surface area contributed by atoms with Crippen LogP contribution in [0.15, 0.2) is 47.1 Å². The minimum Gasteiger partial charge on any atom is -0.478 e. The average molecular weight is 294 g/mol. The van der Waals surface area contributed by atoms with Crippen LogP contribution in [0.1, 0.15) is 21.6 Å². The van der Waals surface area contributed by atoms with Crippen molar-refractivity contribution in [1.82, 2.24) is 15.0 Å². The van der Waals surface area contributed by atoms with E-state index in [1.54, 1.807) is 28.9 Å². The summed E-state index contributed by atoms with van der Waals surface area (Å²) in [6, 6.07) is 11.9. The van der Waals surface area contributed by atoms with Crippen LogP contribution >= 0.6 is 0 Å². The molecule has 2 heterocycles. The molecule has 0 aliphatic heterocycles. The molecule has 0 spiro atoms. The summed E-state index contributed by atoms with van der Waals surface area (Å²) in [5.41, 5.74) is 1.73. The number of carbonyl (C=O) groups is 1. The third kappa shape index (κ3) is 2.45. The third-order valence-electron chi connectivity index (χ3n) is 3.13. The summed E-state index contributed by atoms with van der Waals surface area (Å²) in [6.45, 7) is 0.352. The zero-order chi connectivity index (χ0) is 15.5. The number of rotatable bonds is 4. The maximum Gasteiger partial charge on any atom is 0.335 e. The molecule has 3 aromatic rings. The molecular weight excluding hydrogens is 284 g/mol. The molecular formula is C15H10N4O3. The van der Waals surface area contributed by atoms with E-state index in [0.717, 1.165) is 5.56 Å². The van der Waals surface area contributed by atoms with Crippen LogP contribution in [0.3, 0.4) is 0 Å². The molecule has 0 saturated heterocycles. The van der Waals surface area contributed by atoms with Crippen molar-refractivity contribution in [2.45, 2.75) is 6.54 Å². The van der Waals surface area contributed by atoms with Gasteiger partial charge in [-0.2, -0.15) is 5.26 Å². The van der Waals surface area contributed by atoms with Gasteiger partial charge in [-0.15, -0.1) is 5.10 Å². The lowest BCUT2D eigenvalue weighted by Crippen LogP contribution is -2.05. The van der Waals surface area contributed by atoms with Crippen LogP contribution in [-0.2, 0) is 6.54 Å². The van der Waals surface area contributed by atoms with E-state index in [9.17, 15) is 4.79 Å². The molecule has 3 rings (SSSR count). The van der Waals surface area contributed by atoms with Gasteiger partial charge in [-0.25, -0.2) is 9.48 Å². The van der Waals surface area contributed by atoms with Crippen LogP contribution in [-0.4, -0.2) is 26.1 Å². The largest absolute Gasteiger partial charge is 0.478 e. The molecule has 7 heteroatoms. The van der Waals surface area contributed by atoms with Gasteiger partial charge in [0.25, 0.3) is 0 Å². The Morgan fingerprint density at radius 1 is 1.32 bits per heavy atom. The second-order valence-corrected chi connectivity index (χ2v) is 4.54. The zero-order valence-corrected chi connectivity index (χ0v) is 11.3. The summed E-state index contributed by atoms with van der Waals surface area (Å²) in [7, 11) is 0. The first-order chi connectivity index (χ1) is 10.7. The van der Waals surface area contributed by atoms with Crippen molar-refractivity contribution in [1.29, 1.82) is 5.26 Å². The Morgan fingerprint density at radius 3 is 2.68 bits per heavy atom. The molecule has 0 amide bonds. The van der Waals surface area contributed by atoms with E-state index in [1.165, 1.54) is 18.4 Å². The fourth-order valence-electron chi connectivity index (χ4n) is 2.08. The van der Waals surface area contributed by atoms with Gasteiger partial charge < -0.3 is 9.52 Å². The normalized spacial score (nSPS) is 10.3. The maximum atomic E-state index is 10.8. The molecule has 2 aromatic heterocycles. The molecule has 7 nitrogen and oxygen atoms in total. The van der Waals surface area contributed by atoms with E-state index < -0.39 is 5.97 Å². The van der Waals surface area contributed by atoms with E-state index in [2.05, 4.69) is 10.3 Å². The number of carboxylic acids is 1. The summed E-state index contributed by atoms with van der Waals surface area (Å²) < 4.78 is 6.87. The molecule has 0 fully saturated rings. The minimum absolute atomic E-state index is 0.178. The van der Waals surface area contributed by atoms with Crippen molar-refractivity contribution in [3.05, 3.63) is 59.5 Å². The second kappa shape index (κ2) is 5.54. The molecule has 0 saturated carbocycles. The molecule has 0 unspecified atom stereocenters. The first-order valence-corrected chi connectivity index (χ1v) is 6.38. The molecule has 0 radical (unpaired) electrons. The van der Waals surface area contributed by atoms with E-state index in [0.29, 0.717) is 18.0 Å². The van der Waals surface area contributed by atoms with Crippen LogP contribution in [0.5, 0.6) is 0 Å². The van der Waals surface area contributed by atoms with E-state index in [1.807, 2.05) is 6.07 Å². The Hall–Kier alpha value is -3.40. The first kappa shape index (κ1) is 13.6. The van der Waals surface area contributed by atoms with Gasteiger partial charge in [0.15, 0.2) is 11.5 Å². The van der Waals surface area contributed by atoms with Gasteiger partial charge in [0.2, 0.25) is 0 Å². The predicted molar refractivity (Wildman–Crippen MR) is 74.9 cm³/mol. The zero-order valence-electron chi connectivity index (χ0n) is 11.3. The Balaban J connectivity index is 1.95. The number of aromatic carboxylic acids is 1. The first-order valence-electron chi connectivity index (χ1n) is 6.38. The van der Waals surface area contributed by atoms with Crippen molar-refractivity contribution < 1.29 is 14.3 Å². The smallest absolute Gasteiger partial charge is 0.335 e. The van der Waals surface area contributed by atoms with Crippen LogP contribution in [0.25, 0.3) is 11.5 Å². The number of nitrogens with zero attached hydrogens (tertiary/aromatic N) is 4. The van der Waals surface area contributed by atoms with Crippen molar-refractivity contribution in [2.75, 3.05) is 0 Å². The van der Waals surface area contributed by atoms with Gasteiger partial charge >= 0.3 is 5.97 Å². The summed E-state index contributed by atoms with van der Waals surface area (Å²) in [5, 5.41) is 25.8. The average Bonchev–Trinajstić information content (AvgIpc) is 3.16. The topological polar surface area (TPSA) is 105 Å². The van der Waals surface area contributed by atoms with Crippen LogP contribution in [0.2, 0.25) is 0 Å². The molecule has 22 heavy (non-hydrogen) atoms. The molecule has 1 N–H and O–H groups in total. The number of hydrogen-bond acceptors (Lipinski definition) is 5. The fourth-order valence-corrected chi connectivity index (χ4v) is 2.08. The summed E-state index contributed by atoms with van der Waals surface area (Å²) in [5.74, 6) is -0.473. The number of aromatic nitrogens is 3. The molecule has 0 aliphatic carbocycles. The molecule has 108 valence electrons. The standard InChI is InChI=1S/C15H10N4O3/c16-8-12-14(13-2-1-7-22-13)19(18-17-12)9-10-3-5-11(6-4-10)15(20)21/h1-7H,9H2,(H,20,21).